The van der Waals surface area contributed by atoms with Gasteiger partial charge >= 0.3 is 0 Å². The lowest BCUT2D eigenvalue weighted by Crippen LogP contribution is -2.60. The van der Waals surface area contributed by atoms with Gasteiger partial charge in [-0.2, -0.15) is 5.10 Å². The molecule has 29 heavy (non-hydrogen) atoms. The minimum atomic E-state index is -0.512. The Kier molecular flexibility index (Phi) is 4.71. The van der Waals surface area contributed by atoms with Crippen LogP contribution in [0.25, 0.3) is 0 Å². The minimum Gasteiger partial charge on any atom is -0.389 e. The molecule has 1 N–H and O–H groups in total. The van der Waals surface area contributed by atoms with Gasteiger partial charge in [-0.05, 0) is 94.6 Å². The summed E-state index contributed by atoms with van der Waals surface area (Å²) in [6.45, 7) is 8.80. The van der Waals surface area contributed by atoms with E-state index in [2.05, 4.69) is 16.9 Å². The second-order valence-corrected chi connectivity index (χ2v) is 11.1. The maximum absolute atomic E-state index is 13.2. The van der Waals surface area contributed by atoms with E-state index in [9.17, 15) is 9.90 Å². The molecule has 5 heteroatoms. The Morgan fingerprint density at radius 1 is 1.17 bits per heavy atom. The standard InChI is InChI=1S/C24H37N3O2/c1-16-8-13-27(25-16)14-22(28)20-5-4-19-17-9-12-26-15-23(2,29)10-7-21(26)18(17)6-11-24(19,20)3/h8,13,17-21,29H,4-7,9-12,14-15H2,1-3H3/t17-,18+,19+,20-,21-,23-,24+/m1/s1. The summed E-state index contributed by atoms with van der Waals surface area (Å²) in [7, 11) is 0. The fraction of sp³-hybridized carbons (Fsp3) is 0.833. The first-order valence-electron chi connectivity index (χ1n) is 11.8. The van der Waals surface area contributed by atoms with Gasteiger partial charge in [-0.3, -0.25) is 14.4 Å². The molecule has 3 heterocycles. The average Bonchev–Trinajstić information content (AvgIpc) is 3.22. The third-order valence-corrected chi connectivity index (χ3v) is 9.21. The second-order valence-electron chi connectivity index (χ2n) is 11.1. The van der Waals surface area contributed by atoms with Crippen LogP contribution in [0.2, 0.25) is 0 Å². The van der Waals surface area contributed by atoms with Crippen molar-refractivity contribution in [3.63, 3.8) is 0 Å². The van der Waals surface area contributed by atoms with E-state index < -0.39 is 5.60 Å². The van der Waals surface area contributed by atoms with Crippen molar-refractivity contribution < 1.29 is 9.90 Å². The molecule has 0 aromatic carbocycles. The molecule has 4 fully saturated rings. The third-order valence-electron chi connectivity index (χ3n) is 9.21. The molecule has 5 rings (SSSR count). The number of aliphatic hydroxyl groups is 1. The molecule has 0 radical (unpaired) electrons. The van der Waals surface area contributed by atoms with Crippen LogP contribution in [0.15, 0.2) is 12.3 Å². The number of carbonyl (C=O) groups excluding carboxylic acids is 1. The monoisotopic (exact) mass is 399 g/mol. The number of carbonyl (C=O) groups is 1. The van der Waals surface area contributed by atoms with Gasteiger partial charge < -0.3 is 5.11 Å². The van der Waals surface area contributed by atoms with Crippen LogP contribution in [0.3, 0.4) is 0 Å². The lowest BCUT2D eigenvalue weighted by molar-refractivity contribution is -0.134. The van der Waals surface area contributed by atoms with Crippen LogP contribution in [0.4, 0.5) is 0 Å². The van der Waals surface area contributed by atoms with Crippen LogP contribution in [-0.2, 0) is 11.3 Å². The summed E-state index contributed by atoms with van der Waals surface area (Å²) in [6.07, 6.45) is 9.98. The molecule has 2 aliphatic heterocycles. The molecule has 2 saturated heterocycles. The first kappa shape index (κ1) is 19.7. The van der Waals surface area contributed by atoms with Gasteiger partial charge in [0.15, 0.2) is 5.78 Å². The first-order chi connectivity index (χ1) is 13.8. The number of ketones is 1. The molecule has 7 atom stereocenters. The predicted octanol–water partition coefficient (Wildman–Crippen LogP) is 3.44. The van der Waals surface area contributed by atoms with Gasteiger partial charge in [0, 0.05) is 24.7 Å². The highest BCUT2D eigenvalue weighted by molar-refractivity contribution is 5.82. The largest absolute Gasteiger partial charge is 0.389 e. The molecule has 1 aromatic rings. The zero-order valence-electron chi connectivity index (χ0n) is 18.3. The van der Waals surface area contributed by atoms with Crippen molar-refractivity contribution in [3.8, 4) is 0 Å². The lowest BCUT2D eigenvalue weighted by Gasteiger charge is -2.58. The van der Waals surface area contributed by atoms with Gasteiger partial charge in [0.05, 0.1) is 17.8 Å². The molecule has 160 valence electrons. The smallest absolute Gasteiger partial charge is 0.157 e. The summed E-state index contributed by atoms with van der Waals surface area (Å²) in [5.41, 5.74) is 0.636. The minimum absolute atomic E-state index is 0.169. The summed E-state index contributed by atoms with van der Waals surface area (Å²) in [6, 6.07) is 2.63. The van der Waals surface area contributed by atoms with Crippen LogP contribution in [0.1, 0.15) is 64.5 Å². The molecule has 2 saturated carbocycles. The topological polar surface area (TPSA) is 58.4 Å². The van der Waals surface area contributed by atoms with E-state index in [-0.39, 0.29) is 11.3 Å². The first-order valence-corrected chi connectivity index (χ1v) is 11.8. The van der Waals surface area contributed by atoms with Crippen molar-refractivity contribution in [3.05, 3.63) is 18.0 Å². The zero-order valence-corrected chi connectivity index (χ0v) is 18.3. The van der Waals surface area contributed by atoms with E-state index in [0.29, 0.717) is 24.3 Å². The Bertz CT molecular complexity index is 787. The number of fused-ring (bicyclic) bond motifs is 5. The highest BCUT2D eigenvalue weighted by Gasteiger charge is 2.58. The average molecular weight is 400 g/mol. The normalized spacial score (nSPS) is 44.8. The van der Waals surface area contributed by atoms with E-state index >= 15 is 0 Å². The molecule has 0 amide bonds. The SMILES string of the molecule is Cc1ccn(CC(=O)[C@H]2CC[C@H]3[C@@H]4CCN5C[C@](C)(O)CC[C@@H]5[C@H]4CC[C@]23C)n1. The number of nitrogens with zero attached hydrogens (tertiary/aromatic N) is 3. The van der Waals surface area contributed by atoms with Crippen molar-refractivity contribution in [2.45, 2.75) is 83.9 Å². The van der Waals surface area contributed by atoms with Gasteiger partial charge in [0.25, 0.3) is 0 Å². The molecule has 1 aromatic heterocycles. The molecule has 0 spiro atoms. The molecule has 2 aliphatic carbocycles. The Hall–Kier alpha value is -1.20. The number of aromatic nitrogens is 2. The van der Waals surface area contributed by atoms with Gasteiger partial charge in [-0.1, -0.05) is 6.92 Å². The maximum Gasteiger partial charge on any atom is 0.157 e. The Labute approximate surface area is 174 Å². The van der Waals surface area contributed by atoms with Crippen LogP contribution in [-0.4, -0.2) is 50.3 Å². The number of aryl methyl sites for hydroxylation is 1. The fourth-order valence-corrected chi connectivity index (χ4v) is 7.88. The Morgan fingerprint density at radius 3 is 2.76 bits per heavy atom. The van der Waals surface area contributed by atoms with Gasteiger partial charge in [0.2, 0.25) is 0 Å². The highest BCUT2D eigenvalue weighted by atomic mass is 16.3. The summed E-state index contributed by atoms with van der Waals surface area (Å²) in [4.78, 5) is 15.8. The van der Waals surface area contributed by atoms with Gasteiger partial charge in [0.1, 0.15) is 0 Å². The van der Waals surface area contributed by atoms with Gasteiger partial charge in [-0.15, -0.1) is 0 Å². The number of hydrogen-bond donors (Lipinski definition) is 1. The van der Waals surface area contributed by atoms with Crippen molar-refractivity contribution in [2.75, 3.05) is 13.1 Å². The third kappa shape index (κ3) is 3.29. The number of piperidine rings is 2. The lowest BCUT2D eigenvalue weighted by atomic mass is 9.54. The summed E-state index contributed by atoms with van der Waals surface area (Å²) in [5, 5.41) is 15.0. The fourth-order valence-electron chi connectivity index (χ4n) is 7.88. The van der Waals surface area contributed by atoms with Crippen LogP contribution < -0.4 is 0 Å². The summed E-state index contributed by atoms with van der Waals surface area (Å²) in [5.74, 6) is 2.81. The predicted molar refractivity (Wildman–Crippen MR) is 112 cm³/mol. The summed E-state index contributed by atoms with van der Waals surface area (Å²) < 4.78 is 1.83. The number of rotatable bonds is 3. The molecule has 0 bridgehead atoms. The van der Waals surface area contributed by atoms with Crippen LogP contribution in [0.5, 0.6) is 0 Å². The van der Waals surface area contributed by atoms with E-state index in [1.807, 2.05) is 30.8 Å². The van der Waals surface area contributed by atoms with E-state index in [1.165, 1.54) is 25.7 Å². The number of Topliss-reactive ketones (excluding diaryl/α,β-unsaturated/α-hetero) is 1. The van der Waals surface area contributed by atoms with Crippen molar-refractivity contribution in [1.82, 2.24) is 14.7 Å². The molecule has 4 aliphatic rings. The molecular formula is C24H37N3O2. The van der Waals surface area contributed by atoms with Gasteiger partial charge in [-0.25, -0.2) is 0 Å². The van der Waals surface area contributed by atoms with Crippen LogP contribution >= 0.6 is 0 Å². The Balaban J connectivity index is 1.31. The second kappa shape index (κ2) is 6.91. The van der Waals surface area contributed by atoms with Crippen molar-refractivity contribution in [1.29, 1.82) is 0 Å². The van der Waals surface area contributed by atoms with E-state index in [4.69, 9.17) is 0 Å². The molecular weight excluding hydrogens is 362 g/mol. The van der Waals surface area contributed by atoms with Crippen LogP contribution in [0, 0.1) is 36.0 Å². The van der Waals surface area contributed by atoms with E-state index in [0.717, 1.165) is 49.9 Å². The molecule has 5 nitrogen and oxygen atoms in total. The van der Waals surface area contributed by atoms with E-state index in [1.54, 1.807) is 0 Å². The zero-order chi connectivity index (χ0) is 20.4. The van der Waals surface area contributed by atoms with Crippen molar-refractivity contribution >= 4 is 5.78 Å². The van der Waals surface area contributed by atoms with Crippen molar-refractivity contribution in [2.24, 2.45) is 29.1 Å². The number of hydrogen-bond acceptors (Lipinski definition) is 4. The molecule has 0 unspecified atom stereocenters. The highest BCUT2D eigenvalue weighted by Crippen LogP contribution is 2.62. The quantitative estimate of drug-likeness (QED) is 0.846. The maximum atomic E-state index is 13.2. The summed E-state index contributed by atoms with van der Waals surface area (Å²) >= 11 is 0. The Morgan fingerprint density at radius 2 is 2.00 bits per heavy atom.